The molecule has 4 heteroatoms. The first-order valence-electron chi connectivity index (χ1n) is 5.98. The predicted molar refractivity (Wildman–Crippen MR) is 72.7 cm³/mol. The Bertz CT molecular complexity index is 666. The molecule has 2 aromatic rings. The summed E-state index contributed by atoms with van der Waals surface area (Å²) in [4.78, 5) is 23.0. The van der Waals surface area contributed by atoms with E-state index < -0.39 is 11.5 Å². The Kier molecular flexibility index (Phi) is 3.51. The zero-order valence-electron chi connectivity index (χ0n) is 10.9. The Labute approximate surface area is 110 Å². The third-order valence-corrected chi connectivity index (χ3v) is 3.22. The minimum atomic E-state index is -1.19. The molecule has 0 radical (unpaired) electrons. The Morgan fingerprint density at radius 1 is 1.16 bits per heavy atom. The van der Waals surface area contributed by atoms with E-state index >= 15 is 0 Å². The lowest BCUT2D eigenvalue weighted by atomic mass is 10.0. The largest absolute Gasteiger partial charge is 0.477 e. The van der Waals surface area contributed by atoms with E-state index in [2.05, 4.69) is 0 Å². The van der Waals surface area contributed by atoms with Crippen molar-refractivity contribution in [3.05, 3.63) is 69.1 Å². The quantitative estimate of drug-likeness (QED) is 0.917. The monoisotopic (exact) mass is 257 g/mol. The molecule has 1 aromatic heterocycles. The maximum absolute atomic E-state index is 12.0. The van der Waals surface area contributed by atoms with Crippen LogP contribution in [-0.4, -0.2) is 15.6 Å². The van der Waals surface area contributed by atoms with E-state index in [0.717, 1.165) is 16.7 Å². The average Bonchev–Trinajstić information content (AvgIpc) is 2.35. The molecule has 1 aromatic carbocycles. The minimum Gasteiger partial charge on any atom is -0.477 e. The van der Waals surface area contributed by atoms with Crippen LogP contribution in [0.5, 0.6) is 0 Å². The van der Waals surface area contributed by atoms with Gasteiger partial charge in [0.2, 0.25) is 0 Å². The van der Waals surface area contributed by atoms with E-state index in [1.807, 2.05) is 32.0 Å². The molecule has 1 heterocycles. The second-order valence-corrected chi connectivity index (χ2v) is 4.53. The van der Waals surface area contributed by atoms with Crippen LogP contribution in [0.15, 0.2) is 41.3 Å². The van der Waals surface area contributed by atoms with Crippen molar-refractivity contribution in [3.63, 3.8) is 0 Å². The fourth-order valence-electron chi connectivity index (χ4n) is 2.09. The highest BCUT2D eigenvalue weighted by Gasteiger charge is 2.11. The van der Waals surface area contributed by atoms with Gasteiger partial charge in [0.15, 0.2) is 0 Å². The first-order chi connectivity index (χ1) is 9.00. The molecule has 0 atom stereocenters. The van der Waals surface area contributed by atoms with Crippen LogP contribution in [0.2, 0.25) is 0 Å². The van der Waals surface area contributed by atoms with E-state index in [1.54, 1.807) is 12.3 Å². The SMILES string of the molecule is Cc1cccc(C)c1Cn1cccc(C(=O)O)c1=O. The smallest absolute Gasteiger partial charge is 0.341 e. The van der Waals surface area contributed by atoms with Gasteiger partial charge in [-0.25, -0.2) is 4.79 Å². The summed E-state index contributed by atoms with van der Waals surface area (Å²) < 4.78 is 1.43. The molecule has 4 nitrogen and oxygen atoms in total. The topological polar surface area (TPSA) is 59.3 Å². The zero-order valence-corrected chi connectivity index (χ0v) is 10.9. The van der Waals surface area contributed by atoms with Crippen molar-refractivity contribution in [1.82, 2.24) is 4.57 Å². The van der Waals surface area contributed by atoms with Crippen molar-refractivity contribution < 1.29 is 9.90 Å². The van der Waals surface area contributed by atoms with E-state index in [4.69, 9.17) is 5.11 Å². The molecule has 0 spiro atoms. The van der Waals surface area contributed by atoms with Crippen LogP contribution < -0.4 is 5.56 Å². The van der Waals surface area contributed by atoms with Crippen LogP contribution in [0.4, 0.5) is 0 Å². The molecular formula is C15H15NO3. The van der Waals surface area contributed by atoms with Gasteiger partial charge >= 0.3 is 5.97 Å². The van der Waals surface area contributed by atoms with Gasteiger partial charge in [-0.2, -0.15) is 0 Å². The highest BCUT2D eigenvalue weighted by atomic mass is 16.4. The van der Waals surface area contributed by atoms with Crippen LogP contribution in [0.25, 0.3) is 0 Å². The lowest BCUT2D eigenvalue weighted by Crippen LogP contribution is -2.26. The lowest BCUT2D eigenvalue weighted by Gasteiger charge is -2.12. The van der Waals surface area contributed by atoms with Gasteiger partial charge in [0.1, 0.15) is 5.56 Å². The number of pyridine rings is 1. The van der Waals surface area contributed by atoms with Crippen molar-refractivity contribution in [2.45, 2.75) is 20.4 Å². The molecule has 0 saturated carbocycles. The lowest BCUT2D eigenvalue weighted by molar-refractivity contribution is 0.0694. The molecule has 0 fully saturated rings. The summed E-state index contributed by atoms with van der Waals surface area (Å²) in [5.41, 5.74) is 2.55. The summed E-state index contributed by atoms with van der Waals surface area (Å²) in [6, 6.07) is 8.83. The molecule has 0 bridgehead atoms. The number of carbonyl (C=O) groups is 1. The van der Waals surface area contributed by atoms with Crippen LogP contribution in [0.1, 0.15) is 27.0 Å². The van der Waals surface area contributed by atoms with Gasteiger partial charge in [-0.3, -0.25) is 4.79 Å². The van der Waals surface area contributed by atoms with Gasteiger partial charge in [0.25, 0.3) is 5.56 Å². The zero-order chi connectivity index (χ0) is 14.0. The second-order valence-electron chi connectivity index (χ2n) is 4.53. The Hall–Kier alpha value is -2.36. The predicted octanol–water partition coefficient (Wildman–Crippen LogP) is 2.21. The summed E-state index contributed by atoms with van der Waals surface area (Å²) >= 11 is 0. The molecule has 19 heavy (non-hydrogen) atoms. The molecule has 0 saturated heterocycles. The van der Waals surface area contributed by atoms with E-state index in [0.29, 0.717) is 6.54 Å². The summed E-state index contributed by atoms with van der Waals surface area (Å²) in [5, 5.41) is 8.95. The van der Waals surface area contributed by atoms with Crippen LogP contribution in [0.3, 0.4) is 0 Å². The molecule has 1 N–H and O–H groups in total. The molecule has 0 aliphatic rings. The normalized spacial score (nSPS) is 10.4. The molecule has 0 amide bonds. The van der Waals surface area contributed by atoms with Crippen molar-refractivity contribution in [3.8, 4) is 0 Å². The summed E-state index contributed by atoms with van der Waals surface area (Å²) in [5.74, 6) is -1.19. The molecular weight excluding hydrogens is 242 g/mol. The number of hydrogen-bond acceptors (Lipinski definition) is 2. The number of nitrogens with zero attached hydrogens (tertiary/aromatic N) is 1. The standard InChI is InChI=1S/C15H15NO3/c1-10-5-3-6-11(2)13(10)9-16-8-4-7-12(14(16)17)15(18)19/h3-8H,9H2,1-2H3,(H,18,19). The number of carboxylic acids is 1. The number of hydrogen-bond donors (Lipinski definition) is 1. The van der Waals surface area contributed by atoms with Crippen molar-refractivity contribution in [2.24, 2.45) is 0 Å². The molecule has 0 unspecified atom stereocenters. The molecule has 0 aliphatic carbocycles. The number of rotatable bonds is 3. The Morgan fingerprint density at radius 3 is 2.37 bits per heavy atom. The number of benzene rings is 1. The van der Waals surface area contributed by atoms with Gasteiger partial charge in [0, 0.05) is 6.20 Å². The third kappa shape index (κ3) is 2.57. The van der Waals surface area contributed by atoms with E-state index in [9.17, 15) is 9.59 Å². The molecule has 2 rings (SSSR count). The van der Waals surface area contributed by atoms with Crippen molar-refractivity contribution >= 4 is 5.97 Å². The van der Waals surface area contributed by atoms with E-state index in [1.165, 1.54) is 10.6 Å². The summed E-state index contributed by atoms with van der Waals surface area (Å²) in [6.07, 6.45) is 1.61. The van der Waals surface area contributed by atoms with Crippen molar-refractivity contribution in [2.75, 3.05) is 0 Å². The van der Waals surface area contributed by atoms with Gasteiger partial charge < -0.3 is 9.67 Å². The van der Waals surface area contributed by atoms with Crippen LogP contribution in [-0.2, 0) is 6.54 Å². The van der Waals surface area contributed by atoms with Crippen molar-refractivity contribution in [1.29, 1.82) is 0 Å². The number of aromatic nitrogens is 1. The van der Waals surface area contributed by atoms with E-state index in [-0.39, 0.29) is 5.56 Å². The first kappa shape index (κ1) is 13.1. The fourth-order valence-corrected chi connectivity index (χ4v) is 2.09. The van der Waals surface area contributed by atoms with Gasteiger partial charge in [-0.15, -0.1) is 0 Å². The Morgan fingerprint density at radius 2 is 1.79 bits per heavy atom. The van der Waals surface area contributed by atoms with Crippen LogP contribution >= 0.6 is 0 Å². The summed E-state index contributed by atoms with van der Waals surface area (Å²) in [6.45, 7) is 4.35. The van der Waals surface area contributed by atoms with Gasteiger partial charge in [0.05, 0.1) is 6.54 Å². The minimum absolute atomic E-state index is 0.200. The van der Waals surface area contributed by atoms with Crippen LogP contribution in [0, 0.1) is 13.8 Å². The second kappa shape index (κ2) is 5.10. The number of carboxylic acid groups (broad SMARTS) is 1. The average molecular weight is 257 g/mol. The van der Waals surface area contributed by atoms with Gasteiger partial charge in [-0.05, 0) is 42.7 Å². The number of aryl methyl sites for hydroxylation is 2. The fraction of sp³-hybridized carbons (Fsp3) is 0.200. The molecule has 0 aliphatic heterocycles. The highest BCUT2D eigenvalue weighted by molar-refractivity contribution is 5.86. The summed E-state index contributed by atoms with van der Waals surface area (Å²) in [7, 11) is 0. The Balaban J connectivity index is 2.48. The van der Waals surface area contributed by atoms with Gasteiger partial charge in [-0.1, -0.05) is 18.2 Å². The first-order valence-corrected chi connectivity index (χ1v) is 5.98. The third-order valence-electron chi connectivity index (χ3n) is 3.22. The maximum Gasteiger partial charge on any atom is 0.341 e. The molecule has 98 valence electrons. The highest BCUT2D eigenvalue weighted by Crippen LogP contribution is 2.14. The number of aromatic carboxylic acids is 1. The maximum atomic E-state index is 12.0.